The van der Waals surface area contributed by atoms with Crippen molar-refractivity contribution >= 4 is 0 Å². The topological polar surface area (TPSA) is 60.2 Å². The third kappa shape index (κ3) is 2.18. The molecule has 1 aromatic rings. The summed E-state index contributed by atoms with van der Waals surface area (Å²) in [5, 5.41) is 0. The van der Waals surface area contributed by atoms with Crippen LogP contribution in [0.1, 0.15) is 11.4 Å². The van der Waals surface area contributed by atoms with Crippen LogP contribution >= 0.6 is 0 Å². The molecule has 4 heteroatoms. The van der Waals surface area contributed by atoms with Gasteiger partial charge < -0.3 is 4.74 Å². The lowest BCUT2D eigenvalue weighted by atomic mass is 10.3. The van der Waals surface area contributed by atoms with Gasteiger partial charge in [0.25, 0.3) is 0 Å². The highest BCUT2D eigenvalue weighted by molar-refractivity contribution is 5.26. The highest BCUT2D eigenvalue weighted by Gasteiger charge is 1.98. The maximum atomic E-state index is 5.17. The molecule has 4 nitrogen and oxygen atoms in total. The molecule has 12 heavy (non-hydrogen) atoms. The average Bonchev–Trinajstić information content (AvgIpc) is 2.04. The average molecular weight is 167 g/mol. The van der Waals surface area contributed by atoms with Crippen LogP contribution in [0.2, 0.25) is 0 Å². The first kappa shape index (κ1) is 8.96. The number of ether oxygens (including phenoxy) is 1. The van der Waals surface area contributed by atoms with Gasteiger partial charge in [-0.05, 0) is 6.92 Å². The number of hydrogen-bond acceptors (Lipinski definition) is 4. The Hall–Kier alpha value is -1.13. The SMILES string of the molecule is COc1cc(C)nc(CNN)c1. The van der Waals surface area contributed by atoms with E-state index in [0.717, 1.165) is 17.1 Å². The fourth-order valence-corrected chi connectivity index (χ4v) is 1.02. The Bertz CT molecular complexity index is 262. The smallest absolute Gasteiger partial charge is 0.122 e. The van der Waals surface area contributed by atoms with Crippen LogP contribution in [-0.4, -0.2) is 12.1 Å². The summed E-state index contributed by atoms with van der Waals surface area (Å²) in [5.41, 5.74) is 4.36. The minimum Gasteiger partial charge on any atom is -0.497 e. The van der Waals surface area contributed by atoms with Crippen LogP contribution in [-0.2, 0) is 6.54 Å². The molecule has 1 aromatic heterocycles. The van der Waals surface area contributed by atoms with E-state index in [2.05, 4.69) is 10.4 Å². The number of hydrogen-bond donors (Lipinski definition) is 2. The van der Waals surface area contributed by atoms with E-state index in [4.69, 9.17) is 10.6 Å². The fraction of sp³-hybridized carbons (Fsp3) is 0.375. The summed E-state index contributed by atoms with van der Waals surface area (Å²) in [5.74, 6) is 5.98. The second kappa shape index (κ2) is 4.04. The fourth-order valence-electron chi connectivity index (χ4n) is 1.02. The molecule has 0 aliphatic carbocycles. The molecular formula is C8H13N3O. The third-order valence-corrected chi connectivity index (χ3v) is 1.50. The lowest BCUT2D eigenvalue weighted by molar-refractivity contribution is 0.412. The summed E-state index contributed by atoms with van der Waals surface area (Å²) in [6.07, 6.45) is 0. The first-order valence-electron chi connectivity index (χ1n) is 3.71. The largest absolute Gasteiger partial charge is 0.497 e. The van der Waals surface area contributed by atoms with Crippen molar-refractivity contribution in [2.45, 2.75) is 13.5 Å². The molecule has 0 amide bonds. The highest BCUT2D eigenvalue weighted by atomic mass is 16.5. The van der Waals surface area contributed by atoms with Crippen molar-refractivity contribution in [3.05, 3.63) is 23.5 Å². The molecule has 66 valence electrons. The highest BCUT2D eigenvalue weighted by Crippen LogP contribution is 2.12. The Morgan fingerprint density at radius 2 is 2.33 bits per heavy atom. The Morgan fingerprint density at radius 1 is 1.58 bits per heavy atom. The standard InChI is InChI=1S/C8H13N3O/c1-6-3-8(12-2)4-7(11-6)5-10-9/h3-4,10H,5,9H2,1-2H3. The van der Waals surface area contributed by atoms with Crippen LogP contribution in [0, 0.1) is 6.92 Å². The van der Waals surface area contributed by atoms with Crippen molar-refractivity contribution in [3.8, 4) is 5.75 Å². The van der Waals surface area contributed by atoms with Crippen molar-refractivity contribution in [2.75, 3.05) is 7.11 Å². The monoisotopic (exact) mass is 167 g/mol. The Balaban J connectivity index is 2.90. The lowest BCUT2D eigenvalue weighted by Gasteiger charge is -2.04. The molecule has 3 N–H and O–H groups in total. The van der Waals surface area contributed by atoms with Gasteiger partial charge >= 0.3 is 0 Å². The van der Waals surface area contributed by atoms with Crippen molar-refractivity contribution in [1.29, 1.82) is 0 Å². The van der Waals surface area contributed by atoms with Crippen molar-refractivity contribution in [1.82, 2.24) is 10.4 Å². The normalized spacial score (nSPS) is 9.92. The summed E-state index contributed by atoms with van der Waals surface area (Å²) >= 11 is 0. The van der Waals surface area contributed by atoms with E-state index in [-0.39, 0.29) is 0 Å². The van der Waals surface area contributed by atoms with Crippen molar-refractivity contribution < 1.29 is 4.74 Å². The van der Waals surface area contributed by atoms with Gasteiger partial charge in [0.1, 0.15) is 5.75 Å². The van der Waals surface area contributed by atoms with Gasteiger partial charge in [-0.1, -0.05) is 0 Å². The second-order valence-corrected chi connectivity index (χ2v) is 2.52. The van der Waals surface area contributed by atoms with Gasteiger partial charge in [0.15, 0.2) is 0 Å². The molecule has 0 atom stereocenters. The number of hydrazine groups is 1. The number of nitrogens with two attached hydrogens (primary N) is 1. The molecule has 0 fully saturated rings. The Morgan fingerprint density at radius 3 is 2.92 bits per heavy atom. The summed E-state index contributed by atoms with van der Waals surface area (Å²) in [6, 6.07) is 3.73. The van der Waals surface area contributed by atoms with Gasteiger partial charge in [-0.25, -0.2) is 0 Å². The minimum absolute atomic E-state index is 0.554. The second-order valence-electron chi connectivity index (χ2n) is 2.52. The van der Waals surface area contributed by atoms with Gasteiger partial charge in [-0.2, -0.15) is 0 Å². The van der Waals surface area contributed by atoms with Gasteiger partial charge in [-0.15, -0.1) is 0 Å². The van der Waals surface area contributed by atoms with E-state index in [1.54, 1.807) is 7.11 Å². The van der Waals surface area contributed by atoms with Gasteiger partial charge in [0.2, 0.25) is 0 Å². The zero-order valence-electron chi connectivity index (χ0n) is 7.29. The van der Waals surface area contributed by atoms with Crippen LogP contribution in [0.15, 0.2) is 12.1 Å². The van der Waals surface area contributed by atoms with Gasteiger partial charge in [0, 0.05) is 17.8 Å². The van der Waals surface area contributed by atoms with E-state index in [1.165, 1.54) is 0 Å². The van der Waals surface area contributed by atoms with E-state index >= 15 is 0 Å². The van der Waals surface area contributed by atoms with E-state index < -0.39 is 0 Å². The van der Waals surface area contributed by atoms with Crippen LogP contribution in [0.3, 0.4) is 0 Å². The lowest BCUT2D eigenvalue weighted by Crippen LogP contribution is -2.21. The molecule has 0 aliphatic heterocycles. The molecule has 1 rings (SSSR count). The quantitative estimate of drug-likeness (QED) is 0.504. The first-order chi connectivity index (χ1) is 5.76. The number of nitrogens with zero attached hydrogens (tertiary/aromatic N) is 1. The van der Waals surface area contributed by atoms with Crippen LogP contribution in [0.5, 0.6) is 5.75 Å². The Labute approximate surface area is 71.7 Å². The number of aryl methyl sites for hydroxylation is 1. The molecule has 0 bridgehead atoms. The molecule has 0 spiro atoms. The van der Waals surface area contributed by atoms with Gasteiger partial charge in [-0.3, -0.25) is 16.3 Å². The zero-order chi connectivity index (χ0) is 8.97. The van der Waals surface area contributed by atoms with Crippen molar-refractivity contribution in [2.24, 2.45) is 5.84 Å². The van der Waals surface area contributed by atoms with E-state index in [0.29, 0.717) is 6.54 Å². The maximum absolute atomic E-state index is 5.17. The van der Waals surface area contributed by atoms with E-state index in [9.17, 15) is 0 Å². The predicted octanol–water partition coefficient (Wildman–Crippen LogP) is 0.362. The van der Waals surface area contributed by atoms with Crippen LogP contribution in [0.4, 0.5) is 0 Å². The number of nitrogens with one attached hydrogen (secondary N) is 1. The minimum atomic E-state index is 0.554. The van der Waals surface area contributed by atoms with Crippen LogP contribution in [0.25, 0.3) is 0 Å². The molecule has 0 aromatic carbocycles. The number of rotatable bonds is 3. The van der Waals surface area contributed by atoms with E-state index in [1.807, 2.05) is 19.1 Å². The summed E-state index contributed by atoms with van der Waals surface area (Å²) in [6.45, 7) is 2.47. The van der Waals surface area contributed by atoms with Crippen molar-refractivity contribution in [3.63, 3.8) is 0 Å². The summed E-state index contributed by atoms with van der Waals surface area (Å²) < 4.78 is 5.07. The summed E-state index contributed by atoms with van der Waals surface area (Å²) in [4.78, 5) is 4.25. The molecule has 0 unspecified atom stereocenters. The molecule has 0 radical (unpaired) electrons. The third-order valence-electron chi connectivity index (χ3n) is 1.50. The molecule has 0 saturated carbocycles. The number of methoxy groups -OCH3 is 1. The number of aromatic nitrogens is 1. The first-order valence-corrected chi connectivity index (χ1v) is 3.71. The van der Waals surface area contributed by atoms with Crippen LogP contribution < -0.4 is 16.0 Å². The van der Waals surface area contributed by atoms with Gasteiger partial charge in [0.05, 0.1) is 19.3 Å². The summed E-state index contributed by atoms with van der Waals surface area (Å²) in [7, 11) is 1.63. The molecule has 0 aliphatic rings. The molecule has 1 heterocycles. The molecule has 0 saturated heterocycles. The number of pyridine rings is 1. The Kier molecular flexibility index (Phi) is 3.01. The predicted molar refractivity (Wildman–Crippen MR) is 46.6 cm³/mol. The maximum Gasteiger partial charge on any atom is 0.122 e. The molecular weight excluding hydrogens is 154 g/mol. The zero-order valence-corrected chi connectivity index (χ0v) is 7.29.